The molecule has 2 amide bonds. The minimum atomic E-state index is -0.245. The maximum atomic E-state index is 12.2. The lowest BCUT2D eigenvalue weighted by Gasteiger charge is -2.29. The molecule has 7 heteroatoms. The van der Waals surface area contributed by atoms with Gasteiger partial charge in [-0.05, 0) is 49.2 Å². The number of rotatable bonds is 7. The molecule has 146 valence electrons. The van der Waals surface area contributed by atoms with E-state index in [9.17, 15) is 19.5 Å². The van der Waals surface area contributed by atoms with Crippen LogP contribution in [-0.4, -0.2) is 42.4 Å². The number of fused-ring (bicyclic) bond motifs is 1. The number of carbonyl (C=O) groups is 3. The minimum absolute atomic E-state index is 0.0884. The van der Waals surface area contributed by atoms with Crippen LogP contribution in [-0.2, 0) is 16.0 Å². The summed E-state index contributed by atoms with van der Waals surface area (Å²) in [6.45, 7) is 2.04. The minimum Gasteiger partial charge on any atom is -0.508 e. The summed E-state index contributed by atoms with van der Waals surface area (Å²) < 4.78 is 5.41. The highest BCUT2D eigenvalue weighted by atomic mass is 16.5. The van der Waals surface area contributed by atoms with E-state index < -0.39 is 0 Å². The predicted octanol–water partition coefficient (Wildman–Crippen LogP) is 2.07. The van der Waals surface area contributed by atoms with Gasteiger partial charge in [-0.1, -0.05) is 12.1 Å². The van der Waals surface area contributed by atoms with Gasteiger partial charge in [0, 0.05) is 25.1 Å². The maximum Gasteiger partial charge on any atom is 0.265 e. The van der Waals surface area contributed by atoms with Gasteiger partial charge < -0.3 is 20.1 Å². The van der Waals surface area contributed by atoms with Crippen molar-refractivity contribution in [3.05, 3.63) is 53.6 Å². The second-order valence-electron chi connectivity index (χ2n) is 6.59. The number of ether oxygens (including phenoxy) is 1. The van der Waals surface area contributed by atoms with E-state index in [0.29, 0.717) is 30.0 Å². The molecule has 2 aromatic rings. The van der Waals surface area contributed by atoms with Crippen molar-refractivity contribution in [1.29, 1.82) is 0 Å². The van der Waals surface area contributed by atoms with E-state index in [4.69, 9.17) is 4.74 Å². The molecule has 3 rings (SSSR count). The fourth-order valence-corrected chi connectivity index (χ4v) is 2.98. The van der Waals surface area contributed by atoms with Crippen LogP contribution >= 0.6 is 0 Å². The van der Waals surface area contributed by atoms with Gasteiger partial charge in [-0.2, -0.15) is 0 Å². The van der Waals surface area contributed by atoms with Crippen LogP contribution in [0.3, 0.4) is 0 Å². The maximum absolute atomic E-state index is 12.2. The van der Waals surface area contributed by atoms with Crippen LogP contribution in [0.2, 0.25) is 0 Å². The second kappa shape index (κ2) is 8.56. The van der Waals surface area contributed by atoms with Crippen LogP contribution in [0.1, 0.15) is 29.3 Å². The number of nitrogens with zero attached hydrogens (tertiary/aromatic N) is 1. The molecule has 28 heavy (non-hydrogen) atoms. The molecule has 0 bridgehead atoms. The number of phenolic OH excluding ortho intramolecular Hbond substituents is 1. The Balaban J connectivity index is 1.55. The van der Waals surface area contributed by atoms with Crippen molar-refractivity contribution >= 4 is 23.3 Å². The highest BCUT2D eigenvalue weighted by Crippen LogP contribution is 2.33. The Morgan fingerprint density at radius 2 is 1.93 bits per heavy atom. The quantitative estimate of drug-likeness (QED) is 0.715. The van der Waals surface area contributed by atoms with Gasteiger partial charge >= 0.3 is 0 Å². The number of carbonyl (C=O) groups excluding carboxylic acids is 3. The molecule has 1 aliphatic heterocycles. The number of amides is 2. The Bertz CT molecular complexity index is 892. The summed E-state index contributed by atoms with van der Waals surface area (Å²) in [7, 11) is 0. The highest BCUT2D eigenvalue weighted by molar-refractivity contribution is 6.01. The summed E-state index contributed by atoms with van der Waals surface area (Å²) in [6.07, 6.45) is 0.790. The van der Waals surface area contributed by atoms with Crippen LogP contribution in [0.15, 0.2) is 42.5 Å². The lowest BCUT2D eigenvalue weighted by molar-refractivity contribution is -0.122. The van der Waals surface area contributed by atoms with E-state index in [2.05, 4.69) is 5.32 Å². The number of ketones is 1. The average Bonchev–Trinajstić information content (AvgIpc) is 2.68. The molecule has 1 heterocycles. The Morgan fingerprint density at radius 1 is 1.18 bits per heavy atom. The Labute approximate surface area is 162 Å². The Hall–Kier alpha value is -3.35. The Kier molecular flexibility index (Phi) is 5.93. The third kappa shape index (κ3) is 4.68. The molecule has 0 fully saturated rings. The van der Waals surface area contributed by atoms with Crippen LogP contribution in [0.25, 0.3) is 0 Å². The van der Waals surface area contributed by atoms with Gasteiger partial charge in [0.2, 0.25) is 5.91 Å². The van der Waals surface area contributed by atoms with Crippen molar-refractivity contribution in [2.24, 2.45) is 0 Å². The predicted molar refractivity (Wildman–Crippen MR) is 104 cm³/mol. The first-order chi connectivity index (χ1) is 13.4. The van der Waals surface area contributed by atoms with Gasteiger partial charge in [0.15, 0.2) is 12.4 Å². The molecule has 0 radical (unpaired) electrons. The zero-order valence-electron chi connectivity index (χ0n) is 15.6. The van der Waals surface area contributed by atoms with E-state index in [1.165, 1.54) is 11.8 Å². The van der Waals surface area contributed by atoms with Crippen molar-refractivity contribution in [3.8, 4) is 11.5 Å². The molecule has 2 N–H and O–H groups in total. The lowest BCUT2D eigenvalue weighted by Crippen LogP contribution is -2.41. The molecule has 1 aliphatic rings. The van der Waals surface area contributed by atoms with Crippen LogP contribution < -0.4 is 15.0 Å². The summed E-state index contributed by atoms with van der Waals surface area (Å²) in [4.78, 5) is 37.5. The smallest absolute Gasteiger partial charge is 0.265 e. The van der Waals surface area contributed by atoms with Gasteiger partial charge in [-0.15, -0.1) is 0 Å². The van der Waals surface area contributed by atoms with Crippen molar-refractivity contribution in [3.63, 3.8) is 0 Å². The number of anilines is 1. The molecular weight excluding hydrogens is 360 g/mol. The van der Waals surface area contributed by atoms with Crippen molar-refractivity contribution in [2.75, 3.05) is 24.6 Å². The molecule has 0 aromatic heterocycles. The summed E-state index contributed by atoms with van der Waals surface area (Å²) in [6, 6.07) is 11.8. The van der Waals surface area contributed by atoms with Crippen LogP contribution in [0, 0.1) is 0 Å². The topological polar surface area (TPSA) is 95.9 Å². The van der Waals surface area contributed by atoms with Crippen molar-refractivity contribution < 1.29 is 24.2 Å². The monoisotopic (exact) mass is 382 g/mol. The largest absolute Gasteiger partial charge is 0.508 e. The summed E-state index contributed by atoms with van der Waals surface area (Å²) in [5.41, 5.74) is 2.01. The number of hydrogen-bond acceptors (Lipinski definition) is 5. The number of phenols is 1. The van der Waals surface area contributed by atoms with E-state index >= 15 is 0 Å². The van der Waals surface area contributed by atoms with Gasteiger partial charge in [-0.3, -0.25) is 14.4 Å². The van der Waals surface area contributed by atoms with Gasteiger partial charge in [0.05, 0.1) is 5.69 Å². The van der Waals surface area contributed by atoms with E-state index in [-0.39, 0.29) is 42.9 Å². The third-order valence-corrected chi connectivity index (χ3v) is 4.54. The molecule has 0 saturated carbocycles. The Morgan fingerprint density at radius 3 is 2.64 bits per heavy atom. The molecule has 0 aliphatic carbocycles. The first-order valence-electron chi connectivity index (χ1n) is 9.07. The molecule has 0 saturated heterocycles. The summed E-state index contributed by atoms with van der Waals surface area (Å²) in [5.74, 6) is 0.216. The van der Waals surface area contributed by atoms with E-state index in [1.807, 2.05) is 0 Å². The standard InChI is InChI=1S/C21H22N2O5/c1-14(24)16-4-7-19-18(12-16)23(21(27)13-28-19)11-9-20(26)22-10-8-15-2-5-17(25)6-3-15/h2-7,12,25H,8-11,13H2,1H3,(H,22,26). The second-order valence-corrected chi connectivity index (χ2v) is 6.59. The SMILES string of the molecule is CC(=O)c1ccc2c(c1)N(CCC(=O)NCCc1ccc(O)cc1)C(=O)CO2. The van der Waals surface area contributed by atoms with Gasteiger partial charge in [0.1, 0.15) is 11.5 Å². The molecule has 0 unspecified atom stereocenters. The van der Waals surface area contributed by atoms with Crippen molar-refractivity contribution in [2.45, 2.75) is 19.8 Å². The number of benzene rings is 2. The summed E-state index contributed by atoms with van der Waals surface area (Å²) >= 11 is 0. The van der Waals surface area contributed by atoms with E-state index in [0.717, 1.165) is 5.56 Å². The number of aromatic hydroxyl groups is 1. The van der Waals surface area contributed by atoms with Gasteiger partial charge in [0.25, 0.3) is 5.91 Å². The molecule has 0 spiro atoms. The van der Waals surface area contributed by atoms with Gasteiger partial charge in [-0.25, -0.2) is 0 Å². The fraction of sp³-hybridized carbons (Fsp3) is 0.286. The molecule has 0 atom stereocenters. The fourth-order valence-electron chi connectivity index (χ4n) is 2.98. The lowest BCUT2D eigenvalue weighted by atomic mass is 10.1. The van der Waals surface area contributed by atoms with E-state index in [1.54, 1.807) is 42.5 Å². The highest BCUT2D eigenvalue weighted by Gasteiger charge is 2.26. The number of nitrogens with one attached hydrogen (secondary N) is 1. The average molecular weight is 382 g/mol. The third-order valence-electron chi connectivity index (χ3n) is 4.54. The van der Waals surface area contributed by atoms with Crippen LogP contribution in [0.4, 0.5) is 5.69 Å². The number of hydrogen-bond donors (Lipinski definition) is 2. The molecule has 7 nitrogen and oxygen atoms in total. The first kappa shape index (κ1) is 19.4. The normalized spacial score (nSPS) is 12.9. The molecular formula is C21H22N2O5. The molecule has 2 aromatic carbocycles. The van der Waals surface area contributed by atoms with Crippen molar-refractivity contribution in [1.82, 2.24) is 5.32 Å². The van der Waals surface area contributed by atoms with Crippen LogP contribution in [0.5, 0.6) is 11.5 Å². The zero-order valence-corrected chi connectivity index (χ0v) is 15.6. The number of Topliss-reactive ketones (excluding diaryl/α,β-unsaturated/α-hetero) is 1. The summed E-state index contributed by atoms with van der Waals surface area (Å²) in [5, 5.41) is 12.1. The first-order valence-corrected chi connectivity index (χ1v) is 9.07. The zero-order chi connectivity index (χ0) is 20.1.